The average molecular weight is 442 g/mol. The highest BCUT2D eigenvalue weighted by molar-refractivity contribution is 5.93. The molecule has 1 N–H and O–H groups in total. The van der Waals surface area contributed by atoms with Gasteiger partial charge in [-0.1, -0.05) is 92.7 Å². The molecule has 0 spiro atoms. The Kier molecular flexibility index (Phi) is 7.92. The van der Waals surface area contributed by atoms with Crippen LogP contribution in [0.3, 0.4) is 0 Å². The highest BCUT2D eigenvalue weighted by Gasteiger charge is 2.27. The number of nitrogens with zero attached hydrogens (tertiary/aromatic N) is 2. The Bertz CT molecular complexity index is 965. The van der Waals surface area contributed by atoms with Gasteiger partial charge < -0.3 is 5.32 Å². The second kappa shape index (κ2) is 11.3. The number of hydrogen-bond donors (Lipinski definition) is 1. The second-order valence-electron chi connectivity index (χ2n) is 8.74. The van der Waals surface area contributed by atoms with Crippen LogP contribution in [0.5, 0.6) is 0 Å². The van der Waals surface area contributed by atoms with Gasteiger partial charge in [0.05, 0.1) is 12.6 Å². The van der Waals surface area contributed by atoms with Crippen LogP contribution in [0, 0.1) is 0 Å². The topological polar surface area (TPSA) is 35.6 Å². The number of anilines is 1. The summed E-state index contributed by atoms with van der Waals surface area (Å²) in [5, 5.41) is 3.22. The van der Waals surface area contributed by atoms with E-state index >= 15 is 0 Å². The van der Waals surface area contributed by atoms with E-state index in [9.17, 15) is 4.79 Å². The van der Waals surface area contributed by atoms with E-state index in [-0.39, 0.29) is 11.9 Å². The molecular weight excluding hydrogens is 406 g/mol. The van der Waals surface area contributed by atoms with E-state index in [2.05, 4.69) is 108 Å². The normalized spacial score (nSPS) is 15.0. The molecule has 0 unspecified atom stereocenters. The van der Waals surface area contributed by atoms with Gasteiger partial charge in [0.25, 0.3) is 0 Å². The van der Waals surface area contributed by atoms with Gasteiger partial charge in [0.15, 0.2) is 0 Å². The van der Waals surface area contributed by atoms with Gasteiger partial charge in [-0.05, 0) is 35.1 Å². The van der Waals surface area contributed by atoms with Crippen molar-refractivity contribution in [3.8, 4) is 0 Å². The summed E-state index contributed by atoms with van der Waals surface area (Å²) in [6, 6.07) is 28.0. The van der Waals surface area contributed by atoms with Crippen molar-refractivity contribution in [2.75, 3.05) is 38.0 Å². The van der Waals surface area contributed by atoms with Gasteiger partial charge in [-0.15, -0.1) is 0 Å². The largest absolute Gasteiger partial charge is 0.324 e. The Morgan fingerprint density at radius 2 is 1.27 bits per heavy atom. The molecule has 33 heavy (non-hydrogen) atoms. The van der Waals surface area contributed by atoms with Crippen LogP contribution < -0.4 is 5.32 Å². The van der Waals surface area contributed by atoms with Gasteiger partial charge in [0.1, 0.15) is 0 Å². The summed E-state index contributed by atoms with van der Waals surface area (Å²) >= 11 is 0. The van der Waals surface area contributed by atoms with Gasteiger partial charge in [0, 0.05) is 31.9 Å². The molecule has 1 aliphatic rings. The first-order chi connectivity index (χ1) is 16.2. The predicted molar refractivity (Wildman–Crippen MR) is 137 cm³/mol. The first kappa shape index (κ1) is 23.2. The van der Waals surface area contributed by atoms with Crippen LogP contribution in [0.4, 0.5) is 5.69 Å². The number of benzene rings is 3. The number of para-hydroxylation sites is 1. The van der Waals surface area contributed by atoms with Gasteiger partial charge >= 0.3 is 0 Å². The fourth-order valence-electron chi connectivity index (χ4n) is 4.85. The van der Waals surface area contributed by atoms with Crippen LogP contribution >= 0.6 is 0 Å². The standard InChI is InChI=1S/C29H35N3O/c1-3-23-16-11-17-24(4-2)28(23)30-27(33)22-31-18-20-32(21-19-31)29(25-12-7-5-8-13-25)26-14-9-6-10-15-26/h5-17,29H,3-4,18-22H2,1-2H3,(H,30,33). The van der Waals surface area contributed by atoms with Gasteiger partial charge in [-0.3, -0.25) is 14.6 Å². The SMILES string of the molecule is CCc1cccc(CC)c1NC(=O)CN1CCN(C(c2ccccc2)c2ccccc2)CC1. The summed E-state index contributed by atoms with van der Waals surface area (Å²) in [4.78, 5) is 17.7. The van der Waals surface area contributed by atoms with Crippen molar-refractivity contribution in [2.45, 2.75) is 32.7 Å². The molecule has 1 fully saturated rings. The predicted octanol–water partition coefficient (Wildman–Crippen LogP) is 5.16. The molecule has 4 rings (SSSR count). The van der Waals surface area contributed by atoms with Crippen LogP contribution in [0.25, 0.3) is 0 Å². The maximum Gasteiger partial charge on any atom is 0.238 e. The lowest BCUT2D eigenvalue weighted by Gasteiger charge is -2.39. The molecule has 0 saturated carbocycles. The lowest BCUT2D eigenvalue weighted by atomic mass is 9.96. The van der Waals surface area contributed by atoms with Crippen molar-refractivity contribution in [2.24, 2.45) is 0 Å². The Morgan fingerprint density at radius 1 is 0.758 bits per heavy atom. The lowest BCUT2D eigenvalue weighted by molar-refractivity contribution is -0.117. The Morgan fingerprint density at radius 3 is 1.76 bits per heavy atom. The second-order valence-corrected chi connectivity index (χ2v) is 8.74. The van der Waals surface area contributed by atoms with Gasteiger partial charge in [-0.2, -0.15) is 0 Å². The van der Waals surface area contributed by atoms with Crippen molar-refractivity contribution in [1.29, 1.82) is 0 Å². The zero-order valence-corrected chi connectivity index (χ0v) is 19.8. The van der Waals surface area contributed by atoms with E-state index in [4.69, 9.17) is 0 Å². The molecule has 0 aromatic heterocycles. The monoisotopic (exact) mass is 441 g/mol. The van der Waals surface area contributed by atoms with Crippen LogP contribution in [0.15, 0.2) is 78.9 Å². The molecule has 3 aromatic carbocycles. The zero-order chi connectivity index (χ0) is 23.0. The molecule has 0 bridgehead atoms. The first-order valence-corrected chi connectivity index (χ1v) is 12.2. The third-order valence-electron chi connectivity index (χ3n) is 6.63. The minimum absolute atomic E-state index is 0.0849. The summed E-state index contributed by atoms with van der Waals surface area (Å²) < 4.78 is 0. The Hall–Kier alpha value is -2.95. The number of piperazine rings is 1. The number of carbonyl (C=O) groups excluding carboxylic acids is 1. The molecule has 4 heteroatoms. The van der Waals surface area contributed by atoms with Crippen molar-refractivity contribution in [1.82, 2.24) is 9.80 Å². The van der Waals surface area contributed by atoms with Crippen LogP contribution in [0.1, 0.15) is 42.1 Å². The quantitative estimate of drug-likeness (QED) is 0.525. The molecule has 0 aliphatic carbocycles. The molecule has 4 nitrogen and oxygen atoms in total. The summed E-state index contributed by atoms with van der Waals surface area (Å²) in [6.07, 6.45) is 1.84. The number of aryl methyl sites for hydroxylation is 2. The third kappa shape index (κ3) is 5.70. The molecule has 3 aromatic rings. The van der Waals surface area contributed by atoms with E-state index in [1.54, 1.807) is 0 Å². The number of amides is 1. The summed E-state index contributed by atoms with van der Waals surface area (Å²) in [5.41, 5.74) is 6.07. The minimum atomic E-state index is 0.0849. The zero-order valence-electron chi connectivity index (χ0n) is 19.8. The van der Waals surface area contributed by atoms with E-state index in [0.717, 1.165) is 44.7 Å². The van der Waals surface area contributed by atoms with E-state index in [0.29, 0.717) is 6.54 Å². The van der Waals surface area contributed by atoms with Crippen LogP contribution in [-0.2, 0) is 17.6 Å². The lowest BCUT2D eigenvalue weighted by Crippen LogP contribution is -2.49. The molecule has 1 aliphatic heterocycles. The summed E-state index contributed by atoms with van der Waals surface area (Å²) in [5.74, 6) is 0.0849. The maximum atomic E-state index is 12.9. The fraction of sp³-hybridized carbons (Fsp3) is 0.345. The number of carbonyl (C=O) groups is 1. The molecule has 0 atom stereocenters. The molecule has 172 valence electrons. The smallest absolute Gasteiger partial charge is 0.238 e. The van der Waals surface area contributed by atoms with Gasteiger partial charge in [-0.25, -0.2) is 0 Å². The molecule has 1 amide bonds. The summed E-state index contributed by atoms with van der Waals surface area (Å²) in [6.45, 7) is 8.37. The Balaban J connectivity index is 1.40. The minimum Gasteiger partial charge on any atom is -0.324 e. The van der Waals surface area contributed by atoms with Crippen molar-refractivity contribution in [3.05, 3.63) is 101 Å². The van der Waals surface area contributed by atoms with Crippen LogP contribution in [-0.4, -0.2) is 48.4 Å². The van der Waals surface area contributed by atoms with Crippen molar-refractivity contribution < 1.29 is 4.79 Å². The van der Waals surface area contributed by atoms with Crippen molar-refractivity contribution in [3.63, 3.8) is 0 Å². The number of hydrogen-bond acceptors (Lipinski definition) is 3. The highest BCUT2D eigenvalue weighted by Crippen LogP contribution is 2.29. The van der Waals surface area contributed by atoms with Crippen LogP contribution in [0.2, 0.25) is 0 Å². The molecular formula is C29H35N3O. The van der Waals surface area contributed by atoms with E-state index in [1.165, 1.54) is 22.3 Å². The molecule has 1 saturated heterocycles. The highest BCUT2D eigenvalue weighted by atomic mass is 16.2. The third-order valence-corrected chi connectivity index (χ3v) is 6.63. The molecule has 1 heterocycles. The number of nitrogens with one attached hydrogen (secondary N) is 1. The average Bonchev–Trinajstić information content (AvgIpc) is 2.86. The fourth-order valence-corrected chi connectivity index (χ4v) is 4.85. The maximum absolute atomic E-state index is 12.9. The summed E-state index contributed by atoms with van der Waals surface area (Å²) in [7, 11) is 0. The number of rotatable bonds is 8. The van der Waals surface area contributed by atoms with Crippen molar-refractivity contribution >= 4 is 11.6 Å². The first-order valence-electron chi connectivity index (χ1n) is 12.2. The van der Waals surface area contributed by atoms with Gasteiger partial charge in [0.2, 0.25) is 5.91 Å². The Labute approximate surface area is 198 Å². The van der Waals surface area contributed by atoms with E-state index < -0.39 is 0 Å². The molecule has 0 radical (unpaired) electrons. The van der Waals surface area contributed by atoms with E-state index in [1.807, 2.05) is 0 Å².